The van der Waals surface area contributed by atoms with Gasteiger partial charge in [0.05, 0.1) is 0 Å². The molecule has 0 amide bonds. The second-order valence-electron chi connectivity index (χ2n) is 4.62. The zero-order valence-corrected chi connectivity index (χ0v) is 12.3. The maximum atomic E-state index is 13.1. The summed E-state index contributed by atoms with van der Waals surface area (Å²) < 4.78 is 14.1. The third kappa shape index (κ3) is 3.78. The van der Waals surface area contributed by atoms with Gasteiger partial charge in [0, 0.05) is 23.2 Å². The highest BCUT2D eigenvalue weighted by Gasteiger charge is 2.07. The molecule has 0 spiro atoms. The summed E-state index contributed by atoms with van der Waals surface area (Å²) in [7, 11) is 2.00. The van der Waals surface area contributed by atoms with E-state index >= 15 is 0 Å². The van der Waals surface area contributed by atoms with E-state index in [1.807, 2.05) is 31.3 Å². The fourth-order valence-corrected chi connectivity index (χ4v) is 2.41. The zero-order chi connectivity index (χ0) is 13.8. The third-order valence-corrected chi connectivity index (χ3v) is 3.86. The molecule has 4 heteroatoms. The number of hydrogen-bond donors (Lipinski definition) is 1. The molecule has 0 fully saturated rings. The highest BCUT2D eigenvalue weighted by molar-refractivity contribution is 9.10. The molecule has 0 aromatic heterocycles. The minimum absolute atomic E-state index is 0.198. The quantitative estimate of drug-likeness (QED) is 0.867. The number of nitrogens with two attached hydrogens (primary N) is 1. The number of anilines is 1. The second-order valence-corrected chi connectivity index (χ2v) is 5.42. The average Bonchev–Trinajstić information content (AvgIpc) is 2.35. The van der Waals surface area contributed by atoms with Crippen molar-refractivity contribution in [2.45, 2.75) is 13.1 Å². The lowest BCUT2D eigenvalue weighted by atomic mass is 10.1. The van der Waals surface area contributed by atoms with Gasteiger partial charge >= 0.3 is 0 Å². The van der Waals surface area contributed by atoms with Gasteiger partial charge in [-0.1, -0.05) is 24.3 Å². The molecule has 2 aromatic carbocycles. The van der Waals surface area contributed by atoms with Crippen LogP contribution in [0.1, 0.15) is 11.1 Å². The summed E-state index contributed by atoms with van der Waals surface area (Å²) in [5.74, 6) is -0.198. The van der Waals surface area contributed by atoms with Crippen LogP contribution in [0.3, 0.4) is 0 Å². The topological polar surface area (TPSA) is 29.3 Å². The smallest absolute Gasteiger partial charge is 0.123 e. The molecular formula is C15H16BrFN2. The Bertz CT molecular complexity index is 572. The van der Waals surface area contributed by atoms with Gasteiger partial charge in [0.2, 0.25) is 0 Å². The Balaban J connectivity index is 2.05. The Morgan fingerprint density at radius 1 is 1.16 bits per heavy atom. The van der Waals surface area contributed by atoms with Gasteiger partial charge in [0.15, 0.2) is 0 Å². The Labute approximate surface area is 121 Å². The first-order valence-corrected chi connectivity index (χ1v) is 6.81. The maximum absolute atomic E-state index is 13.1. The first kappa shape index (κ1) is 14.0. The van der Waals surface area contributed by atoms with E-state index in [9.17, 15) is 4.39 Å². The molecule has 0 saturated carbocycles. The summed E-state index contributed by atoms with van der Waals surface area (Å²) in [5, 5.41) is 0. The fourth-order valence-electron chi connectivity index (χ4n) is 2.02. The molecule has 0 saturated heterocycles. The monoisotopic (exact) mass is 322 g/mol. The van der Waals surface area contributed by atoms with Crippen molar-refractivity contribution < 1.29 is 4.39 Å². The maximum Gasteiger partial charge on any atom is 0.123 e. The van der Waals surface area contributed by atoms with Crippen LogP contribution in [0.5, 0.6) is 0 Å². The Hall–Kier alpha value is -1.39. The summed E-state index contributed by atoms with van der Waals surface area (Å²) in [5.41, 5.74) is 8.67. The molecule has 0 atom stereocenters. The zero-order valence-electron chi connectivity index (χ0n) is 10.7. The van der Waals surface area contributed by atoms with Crippen LogP contribution >= 0.6 is 15.9 Å². The van der Waals surface area contributed by atoms with Crippen molar-refractivity contribution in [3.05, 3.63) is 63.9 Å². The molecular weight excluding hydrogens is 307 g/mol. The van der Waals surface area contributed by atoms with Crippen molar-refractivity contribution in [1.29, 1.82) is 0 Å². The lowest BCUT2D eigenvalue weighted by Crippen LogP contribution is -2.17. The van der Waals surface area contributed by atoms with Gasteiger partial charge in [-0.05, 0) is 52.3 Å². The summed E-state index contributed by atoms with van der Waals surface area (Å²) >= 11 is 3.49. The van der Waals surface area contributed by atoms with Crippen molar-refractivity contribution in [1.82, 2.24) is 4.90 Å². The van der Waals surface area contributed by atoms with E-state index in [0.29, 0.717) is 6.54 Å². The van der Waals surface area contributed by atoms with Crippen molar-refractivity contribution in [2.75, 3.05) is 12.8 Å². The number of nitrogens with zero attached hydrogens (tertiary/aromatic N) is 1. The van der Waals surface area contributed by atoms with E-state index in [2.05, 4.69) is 20.8 Å². The van der Waals surface area contributed by atoms with Gasteiger partial charge in [-0.2, -0.15) is 0 Å². The van der Waals surface area contributed by atoms with Crippen molar-refractivity contribution in [3.63, 3.8) is 0 Å². The first-order chi connectivity index (χ1) is 9.06. The van der Waals surface area contributed by atoms with Gasteiger partial charge in [0.25, 0.3) is 0 Å². The predicted octanol–water partition coefficient (Wildman–Crippen LogP) is 3.80. The number of benzene rings is 2. The summed E-state index contributed by atoms with van der Waals surface area (Å²) in [6, 6.07) is 12.5. The Morgan fingerprint density at radius 3 is 2.63 bits per heavy atom. The fraction of sp³-hybridized carbons (Fsp3) is 0.200. The van der Waals surface area contributed by atoms with E-state index in [4.69, 9.17) is 5.73 Å². The van der Waals surface area contributed by atoms with E-state index in [1.165, 1.54) is 6.07 Å². The van der Waals surface area contributed by atoms with Gasteiger partial charge in [-0.25, -0.2) is 4.39 Å². The van der Waals surface area contributed by atoms with E-state index in [0.717, 1.165) is 27.8 Å². The molecule has 0 aliphatic rings. The van der Waals surface area contributed by atoms with Crippen LogP contribution in [0.4, 0.5) is 10.1 Å². The largest absolute Gasteiger partial charge is 0.398 e. The molecule has 19 heavy (non-hydrogen) atoms. The summed E-state index contributed by atoms with van der Waals surface area (Å²) in [6.45, 7) is 1.45. The van der Waals surface area contributed by atoms with E-state index in [1.54, 1.807) is 12.1 Å². The molecule has 100 valence electrons. The molecule has 2 N–H and O–H groups in total. The number of rotatable bonds is 4. The van der Waals surface area contributed by atoms with Crippen LogP contribution in [0, 0.1) is 5.82 Å². The minimum atomic E-state index is -0.198. The number of hydrogen-bond acceptors (Lipinski definition) is 2. The Morgan fingerprint density at radius 2 is 1.89 bits per heavy atom. The highest BCUT2D eigenvalue weighted by Crippen LogP contribution is 2.25. The molecule has 0 heterocycles. The lowest BCUT2D eigenvalue weighted by Gasteiger charge is -2.18. The summed E-state index contributed by atoms with van der Waals surface area (Å²) in [6.07, 6.45) is 0. The van der Waals surface area contributed by atoms with Crippen LogP contribution in [-0.2, 0) is 13.1 Å². The van der Waals surface area contributed by atoms with E-state index in [-0.39, 0.29) is 5.82 Å². The van der Waals surface area contributed by atoms with Crippen LogP contribution in [0.15, 0.2) is 46.9 Å². The standard InChI is InChI=1S/C15H16BrFN2/c1-19(9-11-4-2-6-13(17)8-11)10-12-5-3-7-14(18)15(12)16/h2-8H,9-10,18H2,1H3. The Kier molecular flexibility index (Phi) is 4.56. The van der Waals surface area contributed by atoms with Crippen molar-refractivity contribution in [3.8, 4) is 0 Å². The molecule has 0 aliphatic heterocycles. The van der Waals surface area contributed by atoms with Crippen LogP contribution in [0.2, 0.25) is 0 Å². The van der Waals surface area contributed by atoms with Crippen LogP contribution in [0.25, 0.3) is 0 Å². The second kappa shape index (κ2) is 6.17. The first-order valence-electron chi connectivity index (χ1n) is 6.02. The van der Waals surface area contributed by atoms with Gasteiger partial charge in [-0.3, -0.25) is 4.90 Å². The normalized spacial score (nSPS) is 10.9. The minimum Gasteiger partial charge on any atom is -0.398 e. The molecule has 0 radical (unpaired) electrons. The van der Waals surface area contributed by atoms with E-state index < -0.39 is 0 Å². The molecule has 0 aliphatic carbocycles. The number of halogens is 2. The average molecular weight is 323 g/mol. The molecule has 0 bridgehead atoms. The molecule has 2 nitrogen and oxygen atoms in total. The lowest BCUT2D eigenvalue weighted by molar-refractivity contribution is 0.318. The van der Waals surface area contributed by atoms with Crippen molar-refractivity contribution in [2.24, 2.45) is 0 Å². The van der Waals surface area contributed by atoms with Crippen LogP contribution in [-0.4, -0.2) is 11.9 Å². The third-order valence-electron chi connectivity index (χ3n) is 2.89. The predicted molar refractivity (Wildman–Crippen MR) is 80.1 cm³/mol. The van der Waals surface area contributed by atoms with Crippen LogP contribution < -0.4 is 5.73 Å². The summed E-state index contributed by atoms with van der Waals surface area (Å²) in [4.78, 5) is 2.12. The van der Waals surface area contributed by atoms with Gasteiger partial charge in [0.1, 0.15) is 5.82 Å². The number of nitrogen functional groups attached to an aromatic ring is 1. The van der Waals surface area contributed by atoms with Crippen molar-refractivity contribution >= 4 is 21.6 Å². The molecule has 0 unspecified atom stereocenters. The van der Waals surface area contributed by atoms with Gasteiger partial charge < -0.3 is 5.73 Å². The highest BCUT2D eigenvalue weighted by atomic mass is 79.9. The van der Waals surface area contributed by atoms with Gasteiger partial charge in [-0.15, -0.1) is 0 Å². The molecule has 2 aromatic rings. The SMILES string of the molecule is CN(Cc1cccc(F)c1)Cc1cccc(N)c1Br. The molecule has 2 rings (SSSR count).